The van der Waals surface area contributed by atoms with Crippen molar-refractivity contribution in [3.05, 3.63) is 0 Å². The Hall–Kier alpha value is 0.160. The molecule has 5 heteroatoms. The molecule has 0 rings (SSSR count). The average molecular weight is 250 g/mol. The molecule has 0 saturated heterocycles. The van der Waals surface area contributed by atoms with Gasteiger partial charge in [0.05, 0.1) is 11.6 Å². The molecule has 0 saturated carbocycles. The highest BCUT2D eigenvalue weighted by Crippen LogP contribution is 2.00. The summed E-state index contributed by atoms with van der Waals surface area (Å²) in [5.74, 6) is 1.20. The van der Waals surface area contributed by atoms with Crippen LogP contribution in [0.3, 0.4) is 0 Å². The molecule has 0 heterocycles. The summed E-state index contributed by atoms with van der Waals surface area (Å²) in [6.45, 7) is 3.80. The summed E-state index contributed by atoms with van der Waals surface area (Å²) >= 11 is 6.76. The maximum absolute atomic E-state index is 5.49. The Balaban J connectivity index is 3.67. The van der Waals surface area contributed by atoms with E-state index < -0.39 is 0 Å². The first kappa shape index (κ1) is 15.2. The van der Waals surface area contributed by atoms with E-state index in [1.54, 1.807) is 7.11 Å². The molecule has 15 heavy (non-hydrogen) atoms. The molecule has 0 fully saturated rings. The van der Waals surface area contributed by atoms with E-state index in [0.29, 0.717) is 4.99 Å². The van der Waals surface area contributed by atoms with Crippen LogP contribution in [-0.4, -0.2) is 55.2 Å². The lowest BCUT2D eigenvalue weighted by atomic mass is 10.3. The van der Waals surface area contributed by atoms with E-state index in [-0.39, 0.29) is 0 Å². The van der Waals surface area contributed by atoms with Gasteiger partial charge in [0.2, 0.25) is 0 Å². The molecule has 0 radical (unpaired) electrons. The molecule has 0 aromatic rings. The molecule has 90 valence electrons. The quantitative estimate of drug-likeness (QED) is 0.468. The third-order valence-corrected chi connectivity index (χ3v) is 3.01. The summed E-state index contributed by atoms with van der Waals surface area (Å²) in [6.07, 6.45) is 4.15. The fraction of sp³-hybridized carbons (Fsp3) is 0.900. The lowest BCUT2D eigenvalue weighted by Gasteiger charge is -2.21. The molecule has 0 aliphatic rings. The Morgan fingerprint density at radius 2 is 2.13 bits per heavy atom. The maximum atomic E-state index is 5.49. The molecule has 0 amide bonds. The van der Waals surface area contributed by atoms with Crippen molar-refractivity contribution >= 4 is 29.0 Å². The SMILES string of the molecule is COCCN(CCCSC)CCC(N)=S. The smallest absolute Gasteiger partial charge is 0.0740 e. The molecular weight excluding hydrogens is 228 g/mol. The number of nitrogens with zero attached hydrogens (tertiary/aromatic N) is 1. The van der Waals surface area contributed by atoms with Gasteiger partial charge in [0.15, 0.2) is 0 Å². The van der Waals surface area contributed by atoms with Gasteiger partial charge in [0.1, 0.15) is 0 Å². The topological polar surface area (TPSA) is 38.5 Å². The predicted octanol–water partition coefficient (Wildman–Crippen LogP) is 1.36. The fourth-order valence-electron chi connectivity index (χ4n) is 1.26. The van der Waals surface area contributed by atoms with Crippen molar-refractivity contribution < 1.29 is 4.74 Å². The summed E-state index contributed by atoms with van der Waals surface area (Å²) in [6, 6.07) is 0. The Bertz CT molecular complexity index is 168. The van der Waals surface area contributed by atoms with Crippen molar-refractivity contribution in [3.8, 4) is 0 Å². The van der Waals surface area contributed by atoms with Gasteiger partial charge in [-0.15, -0.1) is 0 Å². The highest BCUT2D eigenvalue weighted by Gasteiger charge is 2.04. The first-order valence-corrected chi connectivity index (χ1v) is 6.99. The van der Waals surface area contributed by atoms with Crippen LogP contribution < -0.4 is 5.73 Å². The van der Waals surface area contributed by atoms with E-state index in [1.165, 1.54) is 12.2 Å². The molecule has 0 aliphatic heterocycles. The summed E-state index contributed by atoms with van der Waals surface area (Å²) in [4.78, 5) is 2.96. The van der Waals surface area contributed by atoms with Crippen LogP contribution in [0, 0.1) is 0 Å². The van der Waals surface area contributed by atoms with E-state index in [4.69, 9.17) is 22.7 Å². The molecular formula is C10H22N2OS2. The van der Waals surface area contributed by atoms with Crippen molar-refractivity contribution in [1.29, 1.82) is 0 Å². The van der Waals surface area contributed by atoms with Gasteiger partial charge < -0.3 is 15.4 Å². The summed E-state index contributed by atoms with van der Waals surface area (Å²) in [5.41, 5.74) is 5.49. The second kappa shape index (κ2) is 10.7. The first-order chi connectivity index (χ1) is 7.20. The molecule has 0 aliphatic carbocycles. The van der Waals surface area contributed by atoms with Gasteiger partial charge >= 0.3 is 0 Å². The third-order valence-electron chi connectivity index (χ3n) is 2.11. The second-order valence-electron chi connectivity index (χ2n) is 3.40. The Kier molecular flexibility index (Phi) is 10.8. The molecule has 0 unspecified atom stereocenters. The zero-order valence-electron chi connectivity index (χ0n) is 9.70. The molecule has 0 bridgehead atoms. The fourth-order valence-corrected chi connectivity index (χ4v) is 1.77. The lowest BCUT2D eigenvalue weighted by Crippen LogP contribution is -2.31. The highest BCUT2D eigenvalue weighted by atomic mass is 32.2. The van der Waals surface area contributed by atoms with Crippen LogP contribution in [0.4, 0.5) is 0 Å². The van der Waals surface area contributed by atoms with Gasteiger partial charge in [0, 0.05) is 26.6 Å². The number of thioether (sulfide) groups is 1. The van der Waals surface area contributed by atoms with Crippen molar-refractivity contribution in [2.75, 3.05) is 45.4 Å². The normalized spacial score (nSPS) is 10.9. The van der Waals surface area contributed by atoms with E-state index in [0.717, 1.165) is 32.7 Å². The lowest BCUT2D eigenvalue weighted by molar-refractivity contribution is 0.149. The van der Waals surface area contributed by atoms with E-state index in [9.17, 15) is 0 Å². The number of rotatable bonds is 10. The van der Waals surface area contributed by atoms with Crippen LogP contribution in [0.1, 0.15) is 12.8 Å². The number of nitrogens with two attached hydrogens (primary N) is 1. The summed E-state index contributed by atoms with van der Waals surface area (Å²) in [5, 5.41) is 0. The van der Waals surface area contributed by atoms with Crippen LogP contribution in [0.15, 0.2) is 0 Å². The standard InChI is InChI=1S/C10H22N2OS2/c1-13-8-7-12(5-3-9-15-2)6-4-10(11)14/h3-9H2,1-2H3,(H2,11,14). The predicted molar refractivity (Wildman–Crippen MR) is 72.7 cm³/mol. The monoisotopic (exact) mass is 250 g/mol. The van der Waals surface area contributed by atoms with Crippen LogP contribution >= 0.6 is 24.0 Å². The van der Waals surface area contributed by atoms with Crippen molar-refractivity contribution in [3.63, 3.8) is 0 Å². The minimum Gasteiger partial charge on any atom is -0.393 e. The average Bonchev–Trinajstić information content (AvgIpc) is 2.21. The number of hydrogen-bond acceptors (Lipinski definition) is 4. The summed E-state index contributed by atoms with van der Waals surface area (Å²) < 4.78 is 5.07. The zero-order chi connectivity index (χ0) is 11.5. The van der Waals surface area contributed by atoms with Gasteiger partial charge in [-0.1, -0.05) is 12.2 Å². The van der Waals surface area contributed by atoms with Crippen molar-refractivity contribution in [2.24, 2.45) is 5.73 Å². The number of ether oxygens (including phenoxy) is 1. The molecule has 0 atom stereocenters. The molecule has 0 spiro atoms. The van der Waals surface area contributed by atoms with Crippen LogP contribution in [0.5, 0.6) is 0 Å². The number of thiocarbonyl (C=S) groups is 1. The minimum atomic E-state index is 0.599. The maximum Gasteiger partial charge on any atom is 0.0740 e. The van der Waals surface area contributed by atoms with Gasteiger partial charge in [-0.3, -0.25) is 0 Å². The third kappa shape index (κ3) is 10.4. The number of hydrogen-bond donors (Lipinski definition) is 1. The van der Waals surface area contributed by atoms with Crippen molar-refractivity contribution in [1.82, 2.24) is 4.90 Å². The molecule has 3 nitrogen and oxygen atoms in total. The Morgan fingerprint density at radius 1 is 1.40 bits per heavy atom. The van der Waals surface area contributed by atoms with Gasteiger partial charge in [0.25, 0.3) is 0 Å². The van der Waals surface area contributed by atoms with Gasteiger partial charge in [-0.05, 0) is 25.0 Å². The zero-order valence-corrected chi connectivity index (χ0v) is 11.3. The molecule has 0 aromatic carbocycles. The van der Waals surface area contributed by atoms with E-state index in [1.807, 2.05) is 11.8 Å². The van der Waals surface area contributed by atoms with Crippen molar-refractivity contribution in [2.45, 2.75) is 12.8 Å². The molecule has 0 aromatic heterocycles. The van der Waals surface area contributed by atoms with Gasteiger partial charge in [-0.25, -0.2) is 0 Å². The minimum absolute atomic E-state index is 0.599. The van der Waals surface area contributed by atoms with Gasteiger partial charge in [-0.2, -0.15) is 11.8 Å². The number of methoxy groups -OCH3 is 1. The summed E-state index contributed by atoms with van der Waals surface area (Å²) in [7, 11) is 1.73. The first-order valence-electron chi connectivity index (χ1n) is 5.19. The van der Waals surface area contributed by atoms with Crippen LogP contribution in [0.25, 0.3) is 0 Å². The van der Waals surface area contributed by atoms with E-state index in [2.05, 4.69) is 11.2 Å². The highest BCUT2D eigenvalue weighted by molar-refractivity contribution is 7.98. The van der Waals surface area contributed by atoms with Crippen LogP contribution in [0.2, 0.25) is 0 Å². The molecule has 2 N–H and O–H groups in total. The van der Waals surface area contributed by atoms with Crippen LogP contribution in [-0.2, 0) is 4.74 Å². The largest absolute Gasteiger partial charge is 0.393 e. The van der Waals surface area contributed by atoms with E-state index >= 15 is 0 Å². The second-order valence-corrected chi connectivity index (χ2v) is 4.91. The Labute approximate surface area is 103 Å². The Morgan fingerprint density at radius 3 is 2.67 bits per heavy atom.